The number of benzene rings is 1. The summed E-state index contributed by atoms with van der Waals surface area (Å²) in [5, 5.41) is 0. The van der Waals surface area contributed by atoms with Gasteiger partial charge in [0.1, 0.15) is 0 Å². The predicted molar refractivity (Wildman–Crippen MR) is 68.4 cm³/mol. The van der Waals surface area contributed by atoms with E-state index in [9.17, 15) is 4.79 Å². The third-order valence-corrected chi connectivity index (χ3v) is 1.52. The van der Waals surface area contributed by atoms with Crippen molar-refractivity contribution >= 4 is 5.78 Å². The van der Waals surface area contributed by atoms with Gasteiger partial charge in [-0.2, -0.15) is 0 Å². The lowest BCUT2D eigenvalue weighted by Gasteiger charge is -1.97. The molecule has 0 aliphatic heterocycles. The van der Waals surface area contributed by atoms with Crippen LogP contribution in [0.2, 0.25) is 0 Å². The molecule has 0 unspecified atom stereocenters. The Kier molecular flexibility index (Phi) is 11.5. The highest BCUT2D eigenvalue weighted by Gasteiger charge is 1.99. The Hall–Kier alpha value is -1.37. The fourth-order valence-corrected chi connectivity index (χ4v) is 0.968. The average Bonchev–Trinajstić information content (AvgIpc) is 2.22. The molecule has 0 N–H and O–H groups in total. The third-order valence-electron chi connectivity index (χ3n) is 1.52. The number of hydrogen-bond acceptors (Lipinski definition) is 1. The SMILES string of the molecule is C=CC.CC.CC(=O)c1ccccc1C. The van der Waals surface area contributed by atoms with Gasteiger partial charge in [-0.25, -0.2) is 0 Å². The smallest absolute Gasteiger partial charge is 0.160 e. The van der Waals surface area contributed by atoms with Crippen LogP contribution in [0.3, 0.4) is 0 Å². The van der Waals surface area contributed by atoms with E-state index >= 15 is 0 Å². The fourth-order valence-electron chi connectivity index (χ4n) is 0.968. The zero-order valence-electron chi connectivity index (χ0n) is 10.5. The maximum Gasteiger partial charge on any atom is 0.160 e. The van der Waals surface area contributed by atoms with E-state index in [1.54, 1.807) is 13.0 Å². The lowest BCUT2D eigenvalue weighted by atomic mass is 10.1. The van der Waals surface area contributed by atoms with Crippen LogP contribution in [0.25, 0.3) is 0 Å². The van der Waals surface area contributed by atoms with Gasteiger partial charge in [-0.05, 0) is 26.3 Å². The summed E-state index contributed by atoms with van der Waals surface area (Å²) < 4.78 is 0. The second-order valence-corrected chi connectivity index (χ2v) is 2.78. The molecule has 1 aromatic rings. The number of carbonyl (C=O) groups is 1. The van der Waals surface area contributed by atoms with E-state index in [1.165, 1.54) is 0 Å². The number of Topliss-reactive ketones (excluding diaryl/α,β-unsaturated/α-hetero) is 1. The van der Waals surface area contributed by atoms with Crippen LogP contribution in [0.1, 0.15) is 43.6 Å². The molecule has 1 rings (SSSR count). The Morgan fingerprint density at radius 3 is 1.93 bits per heavy atom. The predicted octanol–water partition coefficient (Wildman–Crippen LogP) is 4.42. The summed E-state index contributed by atoms with van der Waals surface area (Å²) in [6.45, 7) is 12.8. The zero-order chi connectivity index (χ0) is 12.3. The van der Waals surface area contributed by atoms with Crippen LogP contribution in [-0.2, 0) is 0 Å². The van der Waals surface area contributed by atoms with Crippen molar-refractivity contribution in [2.45, 2.75) is 34.6 Å². The van der Waals surface area contributed by atoms with Crippen molar-refractivity contribution in [1.82, 2.24) is 0 Å². The minimum atomic E-state index is 0.137. The first-order chi connectivity index (χ1) is 7.13. The summed E-state index contributed by atoms with van der Waals surface area (Å²) in [5.41, 5.74) is 1.87. The standard InChI is InChI=1S/C9H10O.C3H6.C2H6/c1-7-5-3-4-6-9(7)8(2)10;1-3-2;1-2/h3-6H,1-2H3;3H,1H2,2H3;1-2H3. The highest BCUT2D eigenvalue weighted by atomic mass is 16.1. The van der Waals surface area contributed by atoms with Gasteiger partial charge in [-0.3, -0.25) is 4.79 Å². The second kappa shape index (κ2) is 10.7. The quantitative estimate of drug-likeness (QED) is 0.491. The van der Waals surface area contributed by atoms with E-state index in [0.717, 1.165) is 11.1 Å². The molecular formula is C14H22O. The van der Waals surface area contributed by atoms with E-state index in [2.05, 4.69) is 6.58 Å². The molecule has 0 spiro atoms. The molecular weight excluding hydrogens is 184 g/mol. The van der Waals surface area contributed by atoms with Crippen LogP contribution in [0, 0.1) is 6.92 Å². The average molecular weight is 206 g/mol. The molecule has 15 heavy (non-hydrogen) atoms. The molecule has 0 radical (unpaired) electrons. The number of allylic oxidation sites excluding steroid dienone is 1. The first kappa shape index (κ1) is 16.1. The van der Waals surface area contributed by atoms with Gasteiger partial charge in [0.05, 0.1) is 0 Å². The van der Waals surface area contributed by atoms with Gasteiger partial charge in [0.25, 0.3) is 0 Å². The van der Waals surface area contributed by atoms with Crippen LogP contribution in [0.4, 0.5) is 0 Å². The summed E-state index contributed by atoms with van der Waals surface area (Å²) in [6, 6.07) is 7.60. The van der Waals surface area contributed by atoms with E-state index in [-0.39, 0.29) is 5.78 Å². The first-order valence-electron chi connectivity index (χ1n) is 5.27. The monoisotopic (exact) mass is 206 g/mol. The Morgan fingerprint density at radius 1 is 1.27 bits per heavy atom. The van der Waals surface area contributed by atoms with Crippen molar-refractivity contribution in [2.75, 3.05) is 0 Å². The van der Waals surface area contributed by atoms with Crippen LogP contribution in [-0.4, -0.2) is 5.78 Å². The summed E-state index contributed by atoms with van der Waals surface area (Å²) in [7, 11) is 0. The largest absolute Gasteiger partial charge is 0.295 e. The number of ketones is 1. The fraction of sp³-hybridized carbons (Fsp3) is 0.357. The molecule has 1 aromatic carbocycles. The third kappa shape index (κ3) is 7.68. The number of rotatable bonds is 1. The molecule has 0 heterocycles. The Balaban J connectivity index is 0. The topological polar surface area (TPSA) is 17.1 Å². The van der Waals surface area contributed by atoms with Gasteiger partial charge in [-0.1, -0.05) is 44.2 Å². The van der Waals surface area contributed by atoms with E-state index in [4.69, 9.17) is 0 Å². The number of aryl methyl sites for hydroxylation is 1. The molecule has 0 bridgehead atoms. The van der Waals surface area contributed by atoms with Crippen molar-refractivity contribution in [3.63, 3.8) is 0 Å². The van der Waals surface area contributed by atoms with E-state index < -0.39 is 0 Å². The molecule has 0 aliphatic carbocycles. The van der Waals surface area contributed by atoms with E-state index in [1.807, 2.05) is 52.0 Å². The maximum absolute atomic E-state index is 10.9. The molecule has 0 fully saturated rings. The summed E-state index contributed by atoms with van der Waals surface area (Å²) in [6.07, 6.45) is 1.75. The number of carbonyl (C=O) groups excluding carboxylic acids is 1. The molecule has 0 saturated heterocycles. The highest BCUT2D eigenvalue weighted by Crippen LogP contribution is 2.06. The molecule has 0 aliphatic rings. The molecule has 84 valence electrons. The first-order valence-corrected chi connectivity index (χ1v) is 5.27. The lowest BCUT2D eigenvalue weighted by Crippen LogP contribution is -1.93. The molecule has 1 heteroatoms. The van der Waals surface area contributed by atoms with Gasteiger partial charge in [0.15, 0.2) is 5.78 Å². The van der Waals surface area contributed by atoms with Crippen molar-refractivity contribution in [3.05, 3.63) is 48.0 Å². The van der Waals surface area contributed by atoms with Crippen molar-refractivity contribution in [2.24, 2.45) is 0 Å². The second-order valence-electron chi connectivity index (χ2n) is 2.78. The van der Waals surface area contributed by atoms with Gasteiger partial charge < -0.3 is 0 Å². The molecule has 1 nitrogen and oxygen atoms in total. The molecule has 0 atom stereocenters. The Labute approximate surface area is 93.8 Å². The Morgan fingerprint density at radius 2 is 1.67 bits per heavy atom. The van der Waals surface area contributed by atoms with Gasteiger partial charge in [0.2, 0.25) is 0 Å². The summed E-state index contributed by atoms with van der Waals surface area (Å²) >= 11 is 0. The molecule has 0 saturated carbocycles. The van der Waals surface area contributed by atoms with Crippen LogP contribution >= 0.6 is 0 Å². The van der Waals surface area contributed by atoms with Crippen LogP contribution in [0.15, 0.2) is 36.9 Å². The minimum Gasteiger partial charge on any atom is -0.295 e. The van der Waals surface area contributed by atoms with Crippen LogP contribution < -0.4 is 0 Å². The summed E-state index contributed by atoms with van der Waals surface area (Å²) in [4.78, 5) is 10.9. The Bertz CT molecular complexity index is 287. The normalized spacial score (nSPS) is 7.53. The minimum absolute atomic E-state index is 0.137. The van der Waals surface area contributed by atoms with Crippen molar-refractivity contribution < 1.29 is 4.79 Å². The van der Waals surface area contributed by atoms with Crippen molar-refractivity contribution in [3.8, 4) is 0 Å². The molecule has 0 aromatic heterocycles. The summed E-state index contributed by atoms with van der Waals surface area (Å²) in [5.74, 6) is 0.137. The molecule has 0 amide bonds. The van der Waals surface area contributed by atoms with Gasteiger partial charge in [-0.15, -0.1) is 6.58 Å². The van der Waals surface area contributed by atoms with Crippen LogP contribution in [0.5, 0.6) is 0 Å². The van der Waals surface area contributed by atoms with Crippen molar-refractivity contribution in [1.29, 1.82) is 0 Å². The highest BCUT2D eigenvalue weighted by molar-refractivity contribution is 5.95. The zero-order valence-corrected chi connectivity index (χ0v) is 10.5. The van der Waals surface area contributed by atoms with E-state index in [0.29, 0.717) is 0 Å². The van der Waals surface area contributed by atoms with Gasteiger partial charge >= 0.3 is 0 Å². The van der Waals surface area contributed by atoms with Gasteiger partial charge in [0, 0.05) is 5.56 Å². The lowest BCUT2D eigenvalue weighted by molar-refractivity contribution is 0.101. The number of hydrogen-bond donors (Lipinski definition) is 0. The maximum atomic E-state index is 10.9.